The number of hydrogen-bond acceptors (Lipinski definition) is 6. The number of phenolic OH excluding ortho intramolecular Hbond substituents is 1. The summed E-state index contributed by atoms with van der Waals surface area (Å²) in [4.78, 5) is 60.5. The van der Waals surface area contributed by atoms with Crippen LogP contribution in [-0.2, 0) is 31.2 Å². The van der Waals surface area contributed by atoms with Crippen LogP contribution in [0.4, 0.5) is 5.69 Å². The number of amides is 4. The number of anilines is 1. The highest BCUT2D eigenvalue weighted by Crippen LogP contribution is 2.65. The Kier molecular flexibility index (Phi) is 8.30. The monoisotopic (exact) mass is 700 g/mol. The Morgan fingerprint density at radius 3 is 2.29 bits per heavy atom. The maximum atomic E-state index is 15.4. The van der Waals surface area contributed by atoms with Crippen molar-refractivity contribution in [1.29, 1.82) is 0 Å². The van der Waals surface area contributed by atoms with Crippen molar-refractivity contribution in [2.45, 2.75) is 44.1 Å². The Morgan fingerprint density at radius 1 is 0.843 bits per heavy atom. The number of likely N-dealkylation sites (tertiary alicyclic amines) is 1. The number of carbonyl (C=O) groups excluding carboxylic acids is 4. The van der Waals surface area contributed by atoms with E-state index in [1.807, 2.05) is 73.7 Å². The van der Waals surface area contributed by atoms with Crippen LogP contribution in [0.3, 0.4) is 0 Å². The van der Waals surface area contributed by atoms with Gasteiger partial charge in [0.1, 0.15) is 18.1 Å². The molecule has 8 rings (SSSR count). The van der Waals surface area contributed by atoms with Crippen LogP contribution in [0.25, 0.3) is 0 Å². The Morgan fingerprint density at radius 2 is 1.59 bits per heavy atom. The van der Waals surface area contributed by atoms with Crippen LogP contribution < -0.4 is 9.64 Å². The van der Waals surface area contributed by atoms with Crippen LogP contribution in [0.5, 0.6) is 11.5 Å². The molecule has 1 saturated carbocycles. The van der Waals surface area contributed by atoms with Crippen LogP contribution in [0.15, 0.2) is 115 Å². The van der Waals surface area contributed by atoms with E-state index in [1.165, 1.54) is 9.80 Å². The first-order chi connectivity index (χ1) is 24.7. The van der Waals surface area contributed by atoms with E-state index in [9.17, 15) is 19.5 Å². The van der Waals surface area contributed by atoms with Crippen molar-refractivity contribution >= 4 is 40.9 Å². The van der Waals surface area contributed by atoms with Crippen LogP contribution in [-0.4, -0.2) is 40.2 Å². The molecule has 2 aliphatic carbocycles. The normalized spacial score (nSPS) is 26.9. The topological polar surface area (TPSA) is 104 Å². The lowest BCUT2D eigenvalue weighted by molar-refractivity contribution is -0.140. The molecule has 8 nitrogen and oxygen atoms in total. The highest BCUT2D eigenvalue weighted by atomic mass is 35.5. The zero-order valence-corrected chi connectivity index (χ0v) is 28.8. The number of allylic oxidation sites excluding steroid dienone is 2. The molecule has 6 unspecified atom stereocenters. The molecule has 9 heteroatoms. The van der Waals surface area contributed by atoms with Gasteiger partial charge < -0.3 is 9.84 Å². The summed E-state index contributed by atoms with van der Waals surface area (Å²) in [5, 5.41) is 12.3. The molecule has 2 saturated heterocycles. The van der Waals surface area contributed by atoms with Gasteiger partial charge in [-0.1, -0.05) is 103 Å². The number of hydrogen-bond donors (Lipinski definition) is 1. The molecule has 4 amide bonds. The molecule has 2 aliphatic heterocycles. The number of ether oxygens (including phenoxy) is 1. The average Bonchev–Trinajstić information content (AvgIpc) is 3.52. The molecule has 6 atom stereocenters. The van der Waals surface area contributed by atoms with Crippen molar-refractivity contribution in [1.82, 2.24) is 4.90 Å². The fraction of sp³-hybridized carbons (Fsp3) is 0.286. The van der Waals surface area contributed by atoms with Crippen molar-refractivity contribution in [3.63, 3.8) is 0 Å². The van der Waals surface area contributed by atoms with Gasteiger partial charge in [-0.25, -0.2) is 4.90 Å². The fourth-order valence-corrected chi connectivity index (χ4v) is 9.38. The third-order valence-electron chi connectivity index (χ3n) is 11.3. The second-order valence-corrected chi connectivity index (χ2v) is 14.4. The summed E-state index contributed by atoms with van der Waals surface area (Å²) < 4.78 is 6.06. The lowest BCUT2D eigenvalue weighted by atomic mass is 9.49. The zero-order valence-electron chi connectivity index (χ0n) is 28.1. The molecule has 0 aromatic heterocycles. The van der Waals surface area contributed by atoms with E-state index in [-0.39, 0.29) is 24.0 Å². The van der Waals surface area contributed by atoms with Gasteiger partial charge in [-0.2, -0.15) is 0 Å². The molecule has 0 bridgehead atoms. The number of benzene rings is 4. The van der Waals surface area contributed by atoms with Gasteiger partial charge in [-0.3, -0.25) is 24.1 Å². The summed E-state index contributed by atoms with van der Waals surface area (Å²) in [6.45, 7) is 2.56. The predicted octanol–water partition coefficient (Wildman–Crippen LogP) is 7.20. The summed E-state index contributed by atoms with van der Waals surface area (Å²) in [5.41, 5.74) is 1.71. The van der Waals surface area contributed by atoms with E-state index in [2.05, 4.69) is 0 Å². The van der Waals surface area contributed by atoms with Gasteiger partial charge in [0.2, 0.25) is 23.6 Å². The largest absolute Gasteiger partial charge is 0.508 e. The second kappa shape index (κ2) is 12.8. The quantitative estimate of drug-likeness (QED) is 0.154. The SMILES string of the molecule is CCCN1C(=O)C2CC=C3C(CC4C(=O)N(c5cccc(Cl)c5)C(=O)C4(c4ccccc4)C3c3ccc(OCc4ccccc4)cc3O)C2C1=O. The summed E-state index contributed by atoms with van der Waals surface area (Å²) in [7, 11) is 0. The number of carbonyl (C=O) groups is 4. The summed E-state index contributed by atoms with van der Waals surface area (Å²) in [5.74, 6) is -4.35. The van der Waals surface area contributed by atoms with Crippen LogP contribution in [0.1, 0.15) is 48.8 Å². The fourth-order valence-electron chi connectivity index (χ4n) is 9.20. The van der Waals surface area contributed by atoms with Gasteiger partial charge in [0.15, 0.2) is 0 Å². The molecule has 0 radical (unpaired) electrons. The molecule has 4 aromatic rings. The number of fused-ring (bicyclic) bond motifs is 4. The van der Waals surface area contributed by atoms with Gasteiger partial charge in [-0.05, 0) is 60.6 Å². The molecule has 0 spiro atoms. The lowest BCUT2D eigenvalue weighted by Crippen LogP contribution is -2.53. The summed E-state index contributed by atoms with van der Waals surface area (Å²) in [6.07, 6.45) is 3.15. The molecule has 51 heavy (non-hydrogen) atoms. The number of halogens is 1. The molecule has 4 aromatic carbocycles. The number of imide groups is 2. The predicted molar refractivity (Wildman–Crippen MR) is 192 cm³/mol. The Bertz CT molecular complexity index is 2080. The number of rotatable bonds is 8. The first-order valence-electron chi connectivity index (χ1n) is 17.5. The zero-order chi connectivity index (χ0) is 35.4. The van der Waals surface area contributed by atoms with Gasteiger partial charge in [0.05, 0.1) is 28.9 Å². The van der Waals surface area contributed by atoms with Gasteiger partial charge in [-0.15, -0.1) is 0 Å². The maximum Gasteiger partial charge on any atom is 0.246 e. The average molecular weight is 701 g/mol. The van der Waals surface area contributed by atoms with Gasteiger partial charge in [0, 0.05) is 29.1 Å². The van der Waals surface area contributed by atoms with E-state index in [0.29, 0.717) is 53.6 Å². The first kappa shape index (κ1) is 33.0. The minimum atomic E-state index is -1.48. The minimum Gasteiger partial charge on any atom is -0.508 e. The number of nitrogens with zero attached hydrogens (tertiary/aromatic N) is 2. The molecular weight excluding hydrogens is 664 g/mol. The summed E-state index contributed by atoms with van der Waals surface area (Å²) in [6, 6.07) is 30.7. The third kappa shape index (κ3) is 5.10. The van der Waals surface area contributed by atoms with Crippen LogP contribution >= 0.6 is 11.6 Å². The van der Waals surface area contributed by atoms with E-state index < -0.39 is 46.8 Å². The van der Waals surface area contributed by atoms with Gasteiger partial charge in [0.25, 0.3) is 0 Å². The third-order valence-corrected chi connectivity index (χ3v) is 11.5. The first-order valence-corrected chi connectivity index (χ1v) is 17.9. The van der Waals surface area contributed by atoms with Gasteiger partial charge >= 0.3 is 0 Å². The summed E-state index contributed by atoms with van der Waals surface area (Å²) >= 11 is 6.40. The Balaban J connectivity index is 1.32. The van der Waals surface area contributed by atoms with Crippen molar-refractivity contribution in [3.05, 3.63) is 136 Å². The smallest absolute Gasteiger partial charge is 0.246 e. The van der Waals surface area contributed by atoms with Crippen molar-refractivity contribution < 1.29 is 29.0 Å². The number of phenols is 1. The Hall–Kier alpha value is -5.21. The van der Waals surface area contributed by atoms with Crippen molar-refractivity contribution in [2.75, 3.05) is 11.4 Å². The lowest BCUT2D eigenvalue weighted by Gasteiger charge is -2.50. The minimum absolute atomic E-state index is 0.0915. The standard InChI is InChI=1S/C42H37ClN2O6/c1-2-20-44-38(47)32-19-18-30-33(36(32)40(44)49)23-34-39(48)45(28-15-9-14-27(43)21-28)41(50)42(34,26-12-7-4-8-13-26)37(30)31-17-16-29(22-35(31)46)51-24-25-10-5-3-6-11-25/h3-18,21-22,32-34,36-37,46H,2,19-20,23-24H2,1H3. The van der Waals surface area contributed by atoms with E-state index >= 15 is 4.79 Å². The number of aromatic hydroxyl groups is 1. The second-order valence-electron chi connectivity index (χ2n) is 13.9. The Labute approximate surface area is 301 Å². The van der Waals surface area contributed by atoms with E-state index in [1.54, 1.807) is 42.5 Å². The van der Waals surface area contributed by atoms with E-state index in [4.69, 9.17) is 16.3 Å². The van der Waals surface area contributed by atoms with Crippen LogP contribution in [0, 0.1) is 23.7 Å². The molecular formula is C42H37ClN2O6. The molecule has 258 valence electrons. The van der Waals surface area contributed by atoms with Crippen molar-refractivity contribution in [3.8, 4) is 11.5 Å². The van der Waals surface area contributed by atoms with E-state index in [0.717, 1.165) is 11.1 Å². The molecule has 4 aliphatic rings. The maximum absolute atomic E-state index is 15.4. The molecule has 3 fully saturated rings. The van der Waals surface area contributed by atoms with Crippen LogP contribution in [0.2, 0.25) is 5.02 Å². The van der Waals surface area contributed by atoms with Crippen molar-refractivity contribution in [2.24, 2.45) is 23.7 Å². The molecule has 2 heterocycles. The highest BCUT2D eigenvalue weighted by molar-refractivity contribution is 6.32. The highest BCUT2D eigenvalue weighted by Gasteiger charge is 2.70. The molecule has 1 N–H and O–H groups in total.